The number of methoxy groups -OCH3 is 1. The molecular weight excluding hydrogens is 412 g/mol. The molecule has 0 aliphatic carbocycles. The summed E-state index contributed by atoms with van der Waals surface area (Å²) in [5.41, 5.74) is 0. The molecule has 0 aromatic rings. The molecule has 0 aromatic heterocycles. The average Bonchev–Trinajstić information content (AvgIpc) is 2.76. The van der Waals surface area contributed by atoms with Crippen LogP contribution in [0, 0.1) is 0 Å². The molecule has 0 aromatic carbocycles. The maximum atomic E-state index is 11.0. The van der Waals surface area contributed by atoms with Gasteiger partial charge in [0.25, 0.3) is 0 Å². The second kappa shape index (κ2) is 25.4. The van der Waals surface area contributed by atoms with E-state index in [1.54, 1.807) is 7.11 Å². The summed E-state index contributed by atoms with van der Waals surface area (Å²) in [5, 5.41) is 9.05. The lowest BCUT2D eigenvalue weighted by Gasteiger charge is -2.13. The maximum Gasteiger partial charge on any atom is 0.332 e. The van der Waals surface area contributed by atoms with E-state index < -0.39 is 12.1 Å². The van der Waals surface area contributed by atoms with Gasteiger partial charge < -0.3 is 43.0 Å². The number of carboxylic acid groups (broad SMARTS) is 1. The van der Waals surface area contributed by atoms with Crippen LogP contribution in [0.3, 0.4) is 0 Å². The van der Waals surface area contributed by atoms with Crippen LogP contribution in [0.25, 0.3) is 0 Å². The average molecular weight is 455 g/mol. The van der Waals surface area contributed by atoms with Crippen molar-refractivity contribution in [2.24, 2.45) is 0 Å². The maximum absolute atomic E-state index is 11.0. The van der Waals surface area contributed by atoms with Gasteiger partial charge in [-0.25, -0.2) is 4.79 Å². The Morgan fingerprint density at radius 1 is 0.645 bits per heavy atom. The molecule has 0 amide bonds. The fourth-order valence-corrected chi connectivity index (χ4v) is 2.26. The molecule has 0 aliphatic heterocycles. The van der Waals surface area contributed by atoms with Crippen molar-refractivity contribution in [3.8, 4) is 0 Å². The van der Waals surface area contributed by atoms with Crippen LogP contribution in [0.5, 0.6) is 0 Å². The van der Waals surface area contributed by atoms with E-state index in [-0.39, 0.29) is 6.61 Å². The van der Waals surface area contributed by atoms with Gasteiger partial charge in [-0.05, 0) is 6.42 Å². The second-order valence-corrected chi connectivity index (χ2v) is 6.51. The summed E-state index contributed by atoms with van der Waals surface area (Å²) < 4.78 is 42.4. The lowest BCUT2D eigenvalue weighted by atomic mass is 10.1. The van der Waals surface area contributed by atoms with Crippen molar-refractivity contribution >= 4 is 5.97 Å². The number of hydrogen-bond donors (Lipinski definition) is 1. The van der Waals surface area contributed by atoms with Crippen LogP contribution >= 0.6 is 0 Å². The molecule has 0 saturated carbocycles. The van der Waals surface area contributed by atoms with Gasteiger partial charge in [0.2, 0.25) is 0 Å². The Balaban J connectivity index is 3.17. The molecule has 0 saturated heterocycles. The summed E-state index contributed by atoms with van der Waals surface area (Å²) in [6.45, 7) is 8.77. The molecule has 0 radical (unpaired) electrons. The summed E-state index contributed by atoms with van der Waals surface area (Å²) >= 11 is 0. The molecule has 0 fully saturated rings. The molecule has 0 aliphatic rings. The fourth-order valence-electron chi connectivity index (χ4n) is 2.26. The Kier molecular flexibility index (Phi) is 24.7. The minimum atomic E-state index is -0.921. The monoisotopic (exact) mass is 454 g/mol. The Morgan fingerprint density at radius 3 is 1.32 bits per heavy atom. The van der Waals surface area contributed by atoms with Gasteiger partial charge >= 0.3 is 5.97 Å². The summed E-state index contributed by atoms with van der Waals surface area (Å²) in [6, 6.07) is 0. The van der Waals surface area contributed by atoms with Crippen molar-refractivity contribution in [1.82, 2.24) is 0 Å². The topological polar surface area (TPSA) is 111 Å². The Labute approximate surface area is 186 Å². The van der Waals surface area contributed by atoms with Crippen molar-refractivity contribution in [3.63, 3.8) is 0 Å². The Morgan fingerprint density at radius 2 is 1.00 bits per heavy atom. The van der Waals surface area contributed by atoms with Gasteiger partial charge in [-0.2, -0.15) is 0 Å². The molecule has 1 atom stereocenters. The normalized spacial score (nSPS) is 12.3. The highest BCUT2D eigenvalue weighted by Gasteiger charge is 2.16. The lowest BCUT2D eigenvalue weighted by Crippen LogP contribution is -2.25. The van der Waals surface area contributed by atoms with Crippen LogP contribution in [0.1, 0.15) is 26.2 Å². The van der Waals surface area contributed by atoms with E-state index in [9.17, 15) is 4.79 Å². The van der Waals surface area contributed by atoms with Gasteiger partial charge in [0.05, 0.1) is 92.5 Å². The third-order valence-electron chi connectivity index (χ3n) is 3.93. The van der Waals surface area contributed by atoms with E-state index >= 15 is 0 Å². The van der Waals surface area contributed by atoms with Crippen molar-refractivity contribution < 1.29 is 47.8 Å². The number of aliphatic carboxylic acids is 1. The van der Waals surface area contributed by atoms with Gasteiger partial charge in [0.15, 0.2) is 6.10 Å². The zero-order chi connectivity index (χ0) is 22.8. The van der Waals surface area contributed by atoms with Crippen molar-refractivity contribution in [1.29, 1.82) is 0 Å². The van der Waals surface area contributed by atoms with E-state index in [1.807, 2.05) is 6.92 Å². The lowest BCUT2D eigenvalue weighted by molar-refractivity contribution is -0.152. The number of ether oxygens (including phenoxy) is 8. The molecule has 10 nitrogen and oxygen atoms in total. The minimum Gasteiger partial charge on any atom is -0.479 e. The SMILES string of the molecule is CCCCC(OCCOCCOCCOCCOCCOCCOCCOC)C(=O)O. The first kappa shape index (κ1) is 30.1. The largest absolute Gasteiger partial charge is 0.479 e. The molecule has 0 heterocycles. The fraction of sp³-hybridized carbons (Fsp3) is 0.952. The summed E-state index contributed by atoms with van der Waals surface area (Å²) in [5.74, 6) is -0.921. The summed E-state index contributed by atoms with van der Waals surface area (Å²) in [4.78, 5) is 11.0. The third kappa shape index (κ3) is 23.6. The van der Waals surface area contributed by atoms with Crippen LogP contribution in [0.4, 0.5) is 0 Å². The van der Waals surface area contributed by atoms with Crippen LogP contribution in [0.2, 0.25) is 0 Å². The quantitative estimate of drug-likeness (QED) is 0.192. The van der Waals surface area contributed by atoms with Gasteiger partial charge in [-0.1, -0.05) is 19.8 Å². The Bertz CT molecular complexity index is 370. The van der Waals surface area contributed by atoms with Gasteiger partial charge in [-0.15, -0.1) is 0 Å². The van der Waals surface area contributed by atoms with E-state index in [1.165, 1.54) is 0 Å². The molecule has 0 spiro atoms. The summed E-state index contributed by atoms with van der Waals surface area (Å²) in [6.07, 6.45) is 1.55. The van der Waals surface area contributed by atoms with Crippen LogP contribution < -0.4 is 0 Å². The molecule has 10 heteroatoms. The molecule has 1 unspecified atom stereocenters. The standard InChI is InChI=1S/C21H42O10/c1-3-4-5-20(21(22)23)31-19-18-30-17-16-29-15-14-28-13-12-27-11-10-26-9-8-25-7-6-24-2/h20H,3-19H2,1-2H3,(H,22,23). The van der Waals surface area contributed by atoms with E-state index in [0.717, 1.165) is 12.8 Å². The molecule has 1 N–H and O–H groups in total. The zero-order valence-corrected chi connectivity index (χ0v) is 19.2. The van der Waals surface area contributed by atoms with Gasteiger partial charge in [0, 0.05) is 7.11 Å². The van der Waals surface area contributed by atoms with Crippen LogP contribution in [-0.2, 0) is 42.7 Å². The number of rotatable bonds is 26. The smallest absolute Gasteiger partial charge is 0.332 e. The molecule has 0 rings (SSSR count). The molecular formula is C21H42O10. The van der Waals surface area contributed by atoms with Crippen LogP contribution in [-0.4, -0.2) is 117 Å². The highest BCUT2D eigenvalue weighted by Crippen LogP contribution is 2.05. The van der Waals surface area contributed by atoms with E-state index in [0.29, 0.717) is 92.3 Å². The summed E-state index contributed by atoms with van der Waals surface area (Å²) in [7, 11) is 1.64. The zero-order valence-electron chi connectivity index (χ0n) is 19.2. The highest BCUT2D eigenvalue weighted by molar-refractivity contribution is 5.72. The first-order chi connectivity index (χ1) is 15.2. The Hall–Kier alpha value is -0.850. The van der Waals surface area contributed by atoms with Crippen molar-refractivity contribution in [3.05, 3.63) is 0 Å². The first-order valence-corrected chi connectivity index (χ1v) is 11.0. The third-order valence-corrected chi connectivity index (χ3v) is 3.93. The van der Waals surface area contributed by atoms with E-state index in [2.05, 4.69) is 0 Å². The first-order valence-electron chi connectivity index (χ1n) is 11.0. The minimum absolute atomic E-state index is 0.261. The molecule has 186 valence electrons. The number of carbonyl (C=O) groups is 1. The van der Waals surface area contributed by atoms with E-state index in [4.69, 9.17) is 43.0 Å². The highest BCUT2D eigenvalue weighted by atomic mass is 16.6. The van der Waals surface area contributed by atoms with Gasteiger partial charge in [-0.3, -0.25) is 0 Å². The predicted molar refractivity (Wildman–Crippen MR) is 114 cm³/mol. The molecule has 0 bridgehead atoms. The number of unbranched alkanes of at least 4 members (excludes halogenated alkanes) is 1. The van der Waals surface area contributed by atoms with Crippen molar-refractivity contribution in [2.75, 3.05) is 99.6 Å². The predicted octanol–water partition coefficient (Wildman–Crippen LogP) is 1.39. The number of hydrogen-bond acceptors (Lipinski definition) is 9. The van der Waals surface area contributed by atoms with Gasteiger partial charge in [0.1, 0.15) is 0 Å². The van der Waals surface area contributed by atoms with Crippen LogP contribution in [0.15, 0.2) is 0 Å². The second-order valence-electron chi connectivity index (χ2n) is 6.51. The molecule has 31 heavy (non-hydrogen) atoms. The van der Waals surface area contributed by atoms with Crippen molar-refractivity contribution in [2.45, 2.75) is 32.3 Å². The number of carboxylic acids is 1.